The number of nitrogens with one attached hydrogen (secondary N) is 1. The Bertz CT molecular complexity index is 873. The monoisotopic (exact) mass is 379 g/mol. The number of benzene rings is 1. The van der Waals surface area contributed by atoms with Crippen molar-refractivity contribution >= 4 is 34.4 Å². The van der Waals surface area contributed by atoms with E-state index in [0.29, 0.717) is 5.92 Å². The first kappa shape index (κ1) is 17.2. The highest BCUT2D eigenvalue weighted by molar-refractivity contribution is 7.80. The van der Waals surface area contributed by atoms with Gasteiger partial charge in [0.2, 0.25) is 0 Å². The van der Waals surface area contributed by atoms with Crippen LogP contribution in [0.3, 0.4) is 0 Å². The van der Waals surface area contributed by atoms with Gasteiger partial charge in [-0.3, -0.25) is 4.98 Å². The zero-order valence-corrected chi connectivity index (χ0v) is 16.4. The lowest BCUT2D eigenvalue weighted by Crippen LogP contribution is -2.29. The Balaban J connectivity index is 1.76. The van der Waals surface area contributed by atoms with Gasteiger partial charge >= 0.3 is 0 Å². The molecule has 5 heteroatoms. The van der Waals surface area contributed by atoms with E-state index in [4.69, 9.17) is 12.2 Å². The Morgan fingerprint density at radius 1 is 1.08 bits per heavy atom. The number of anilines is 1. The van der Waals surface area contributed by atoms with Crippen molar-refractivity contribution in [1.82, 2.24) is 10.3 Å². The maximum Gasteiger partial charge on any atom is 0.174 e. The standard InChI is InChI=1S/C21H21N3S2/c1-14(2)15-8-10-16(11-9-15)24-20(18-7-5-13-26-18)19(23-21(24)25)17-6-3-4-12-22-17/h3-14,19-20H,1-2H3,(H,23,25)/t19-,20-/m0/s1. The van der Waals surface area contributed by atoms with Crippen LogP contribution in [0.4, 0.5) is 5.69 Å². The van der Waals surface area contributed by atoms with Gasteiger partial charge < -0.3 is 10.2 Å². The predicted octanol–water partition coefficient (Wildman–Crippen LogP) is 5.44. The van der Waals surface area contributed by atoms with Crippen molar-refractivity contribution in [3.05, 3.63) is 82.3 Å². The molecule has 3 nitrogen and oxygen atoms in total. The van der Waals surface area contributed by atoms with E-state index >= 15 is 0 Å². The minimum Gasteiger partial charge on any atom is -0.351 e. The van der Waals surface area contributed by atoms with Crippen LogP contribution >= 0.6 is 23.6 Å². The number of pyridine rings is 1. The van der Waals surface area contributed by atoms with Crippen LogP contribution in [0.5, 0.6) is 0 Å². The summed E-state index contributed by atoms with van der Waals surface area (Å²) >= 11 is 7.48. The van der Waals surface area contributed by atoms with Crippen LogP contribution in [-0.2, 0) is 0 Å². The number of nitrogens with zero attached hydrogens (tertiary/aromatic N) is 2. The van der Waals surface area contributed by atoms with E-state index in [2.05, 4.69) is 76.9 Å². The third kappa shape index (κ3) is 3.13. The van der Waals surface area contributed by atoms with Gasteiger partial charge in [-0.1, -0.05) is 38.1 Å². The number of aromatic nitrogens is 1. The minimum atomic E-state index is 0.0344. The molecule has 0 unspecified atom stereocenters. The molecular formula is C21H21N3S2. The fourth-order valence-electron chi connectivity index (χ4n) is 3.40. The Hall–Kier alpha value is -2.24. The van der Waals surface area contributed by atoms with Gasteiger partial charge in [-0.05, 0) is 59.4 Å². The van der Waals surface area contributed by atoms with Crippen molar-refractivity contribution in [2.75, 3.05) is 4.90 Å². The minimum absolute atomic E-state index is 0.0344. The van der Waals surface area contributed by atoms with Crippen LogP contribution < -0.4 is 10.2 Å². The number of hydrogen-bond acceptors (Lipinski definition) is 3. The van der Waals surface area contributed by atoms with Crippen molar-refractivity contribution < 1.29 is 0 Å². The van der Waals surface area contributed by atoms with Crippen LogP contribution in [0.1, 0.15) is 48.0 Å². The topological polar surface area (TPSA) is 28.2 Å². The molecule has 3 aromatic rings. The van der Waals surface area contributed by atoms with Crippen LogP contribution in [0, 0.1) is 0 Å². The zero-order chi connectivity index (χ0) is 18.1. The quantitative estimate of drug-likeness (QED) is 0.611. The Morgan fingerprint density at radius 3 is 2.50 bits per heavy atom. The average molecular weight is 380 g/mol. The largest absolute Gasteiger partial charge is 0.351 e. The first-order chi connectivity index (χ1) is 12.6. The van der Waals surface area contributed by atoms with Gasteiger partial charge in [-0.25, -0.2) is 0 Å². The highest BCUT2D eigenvalue weighted by Crippen LogP contribution is 2.43. The molecule has 0 aliphatic carbocycles. The molecule has 2 aromatic heterocycles. The summed E-state index contributed by atoms with van der Waals surface area (Å²) in [6.45, 7) is 4.42. The molecule has 0 bridgehead atoms. The van der Waals surface area contributed by atoms with Gasteiger partial charge in [-0.2, -0.15) is 0 Å². The molecule has 1 aliphatic heterocycles. The van der Waals surface area contributed by atoms with Crippen LogP contribution in [0.2, 0.25) is 0 Å². The lowest BCUT2D eigenvalue weighted by Gasteiger charge is -2.27. The zero-order valence-electron chi connectivity index (χ0n) is 14.8. The summed E-state index contributed by atoms with van der Waals surface area (Å²) in [4.78, 5) is 8.08. The maximum absolute atomic E-state index is 5.73. The van der Waals surface area contributed by atoms with Crippen molar-refractivity contribution in [3.63, 3.8) is 0 Å². The first-order valence-corrected chi connectivity index (χ1v) is 10.1. The van der Waals surface area contributed by atoms with E-state index in [1.54, 1.807) is 11.3 Å². The van der Waals surface area contributed by atoms with E-state index in [1.807, 2.05) is 18.3 Å². The molecule has 1 saturated heterocycles. The average Bonchev–Trinajstić information content (AvgIpc) is 3.30. The van der Waals surface area contributed by atoms with Gasteiger partial charge in [0.25, 0.3) is 0 Å². The van der Waals surface area contributed by atoms with Crippen molar-refractivity contribution in [1.29, 1.82) is 0 Å². The van der Waals surface area contributed by atoms with Gasteiger partial charge in [0.1, 0.15) is 0 Å². The lowest BCUT2D eigenvalue weighted by atomic mass is 10.0. The molecule has 1 aliphatic rings. The van der Waals surface area contributed by atoms with E-state index in [9.17, 15) is 0 Å². The third-order valence-electron chi connectivity index (χ3n) is 4.77. The molecule has 0 radical (unpaired) electrons. The summed E-state index contributed by atoms with van der Waals surface area (Å²) in [5.74, 6) is 0.516. The molecular weight excluding hydrogens is 358 g/mol. The normalized spacial score (nSPS) is 19.8. The Labute approximate surface area is 163 Å². The van der Waals surface area contributed by atoms with Crippen molar-refractivity contribution in [3.8, 4) is 0 Å². The number of rotatable bonds is 4. The molecule has 1 N–H and O–H groups in total. The molecule has 4 rings (SSSR count). The van der Waals surface area contributed by atoms with Gasteiger partial charge in [0, 0.05) is 16.8 Å². The second-order valence-electron chi connectivity index (χ2n) is 6.76. The maximum atomic E-state index is 5.73. The molecule has 3 heterocycles. The summed E-state index contributed by atoms with van der Waals surface area (Å²) in [7, 11) is 0. The molecule has 26 heavy (non-hydrogen) atoms. The highest BCUT2D eigenvalue weighted by Gasteiger charge is 2.41. The summed E-state index contributed by atoms with van der Waals surface area (Å²) < 4.78 is 0. The molecule has 2 atom stereocenters. The van der Waals surface area contributed by atoms with Crippen LogP contribution in [-0.4, -0.2) is 10.1 Å². The predicted molar refractivity (Wildman–Crippen MR) is 113 cm³/mol. The fraction of sp³-hybridized carbons (Fsp3) is 0.238. The van der Waals surface area contributed by atoms with Crippen LogP contribution in [0.25, 0.3) is 0 Å². The third-order valence-corrected chi connectivity index (χ3v) is 6.03. The lowest BCUT2D eigenvalue weighted by molar-refractivity contribution is 0.575. The van der Waals surface area contributed by atoms with Crippen molar-refractivity contribution in [2.24, 2.45) is 0 Å². The number of thiophene rings is 1. The summed E-state index contributed by atoms with van der Waals surface area (Å²) in [6, 6.07) is 19.2. The van der Waals surface area contributed by atoms with E-state index in [1.165, 1.54) is 10.4 Å². The highest BCUT2D eigenvalue weighted by atomic mass is 32.1. The second kappa shape index (κ2) is 7.17. The van der Waals surface area contributed by atoms with Crippen LogP contribution in [0.15, 0.2) is 66.2 Å². The smallest absolute Gasteiger partial charge is 0.174 e. The van der Waals surface area contributed by atoms with E-state index < -0.39 is 0 Å². The van der Waals surface area contributed by atoms with E-state index in [0.717, 1.165) is 16.5 Å². The Kier molecular flexibility index (Phi) is 4.74. The summed E-state index contributed by atoms with van der Waals surface area (Å²) in [5, 5.41) is 6.36. The second-order valence-corrected chi connectivity index (χ2v) is 8.12. The van der Waals surface area contributed by atoms with Gasteiger partial charge in [-0.15, -0.1) is 11.3 Å². The van der Waals surface area contributed by atoms with Gasteiger partial charge in [0.15, 0.2) is 5.11 Å². The SMILES string of the molecule is CC(C)c1ccc(N2C(=S)N[C@@H](c3ccccn3)[C@@H]2c2cccs2)cc1. The summed E-state index contributed by atoms with van der Waals surface area (Å²) in [6.07, 6.45) is 1.84. The number of hydrogen-bond donors (Lipinski definition) is 1. The fourth-order valence-corrected chi connectivity index (χ4v) is 4.60. The first-order valence-electron chi connectivity index (χ1n) is 8.79. The molecule has 0 saturated carbocycles. The van der Waals surface area contributed by atoms with Gasteiger partial charge in [0.05, 0.1) is 17.8 Å². The summed E-state index contributed by atoms with van der Waals surface area (Å²) in [5.41, 5.74) is 3.46. The number of thiocarbonyl (C=S) groups is 1. The Morgan fingerprint density at radius 2 is 1.88 bits per heavy atom. The molecule has 1 fully saturated rings. The van der Waals surface area contributed by atoms with E-state index in [-0.39, 0.29) is 12.1 Å². The molecule has 0 spiro atoms. The molecule has 0 amide bonds. The molecule has 1 aromatic carbocycles. The molecule has 132 valence electrons. The van der Waals surface area contributed by atoms with Crippen molar-refractivity contribution in [2.45, 2.75) is 31.8 Å².